The van der Waals surface area contributed by atoms with Crippen LogP contribution in [0.4, 0.5) is 0 Å². The molecule has 2 nitrogen and oxygen atoms in total. The van der Waals surface area contributed by atoms with Crippen LogP contribution in [0.2, 0.25) is 10.0 Å². The Morgan fingerprint density at radius 2 is 2.10 bits per heavy atom. The van der Waals surface area contributed by atoms with E-state index in [1.807, 2.05) is 24.3 Å². The lowest BCUT2D eigenvalue weighted by molar-refractivity contribution is 0.547. The molecule has 0 amide bonds. The monoisotopic (exact) mass is 420 g/mol. The van der Waals surface area contributed by atoms with Crippen molar-refractivity contribution in [1.29, 1.82) is 0 Å². The maximum atomic E-state index is 6.21. The van der Waals surface area contributed by atoms with E-state index >= 15 is 0 Å². The summed E-state index contributed by atoms with van der Waals surface area (Å²) < 4.78 is 1.20. The molecule has 0 aliphatic heterocycles. The van der Waals surface area contributed by atoms with Crippen molar-refractivity contribution < 1.29 is 0 Å². The van der Waals surface area contributed by atoms with E-state index in [1.54, 1.807) is 12.4 Å². The number of pyridine rings is 1. The number of rotatable bonds is 5. The lowest BCUT2D eigenvalue weighted by atomic mass is 9.99. The molecule has 1 N–H and O–H groups in total. The summed E-state index contributed by atoms with van der Waals surface area (Å²) in [5, 5.41) is 4.96. The van der Waals surface area contributed by atoms with Crippen molar-refractivity contribution in [2.24, 2.45) is 0 Å². The number of halogens is 3. The first-order valence-electron chi connectivity index (χ1n) is 6.38. The SMILES string of the molecule is CCNC(Cc1ccncc1Cl)c1cc(Cl)ccc1I. The van der Waals surface area contributed by atoms with Gasteiger partial charge in [-0.05, 0) is 70.9 Å². The quantitative estimate of drug-likeness (QED) is 0.696. The van der Waals surface area contributed by atoms with E-state index in [4.69, 9.17) is 23.2 Å². The molecule has 2 aromatic rings. The van der Waals surface area contributed by atoms with Crippen molar-refractivity contribution in [3.63, 3.8) is 0 Å². The molecule has 0 fully saturated rings. The van der Waals surface area contributed by atoms with Crippen molar-refractivity contribution >= 4 is 45.8 Å². The third kappa shape index (κ3) is 4.07. The molecular weight excluding hydrogens is 406 g/mol. The predicted molar refractivity (Wildman–Crippen MR) is 93.5 cm³/mol. The largest absolute Gasteiger partial charge is 0.310 e. The van der Waals surface area contributed by atoms with Crippen LogP contribution in [-0.4, -0.2) is 11.5 Å². The second-order valence-electron chi connectivity index (χ2n) is 4.45. The Morgan fingerprint density at radius 3 is 2.80 bits per heavy atom. The van der Waals surface area contributed by atoms with Crippen LogP contribution in [0, 0.1) is 3.57 Å². The van der Waals surface area contributed by atoms with Gasteiger partial charge in [0.05, 0.1) is 5.02 Å². The Hall–Kier alpha value is -0.360. The molecule has 0 aliphatic rings. The van der Waals surface area contributed by atoms with Crippen LogP contribution in [-0.2, 0) is 6.42 Å². The molecule has 1 aromatic heterocycles. The highest BCUT2D eigenvalue weighted by molar-refractivity contribution is 14.1. The molecule has 1 atom stereocenters. The highest BCUT2D eigenvalue weighted by Crippen LogP contribution is 2.28. The zero-order chi connectivity index (χ0) is 14.5. The van der Waals surface area contributed by atoms with Crippen LogP contribution >= 0.6 is 45.8 Å². The molecule has 0 radical (unpaired) electrons. The molecule has 1 heterocycles. The fourth-order valence-corrected chi connectivity index (χ4v) is 3.20. The summed E-state index contributed by atoms with van der Waals surface area (Å²) in [5.74, 6) is 0. The average Bonchev–Trinajstić information content (AvgIpc) is 2.43. The van der Waals surface area contributed by atoms with E-state index in [2.05, 4.69) is 39.8 Å². The normalized spacial score (nSPS) is 12.4. The van der Waals surface area contributed by atoms with Crippen LogP contribution in [0.15, 0.2) is 36.7 Å². The summed E-state index contributed by atoms with van der Waals surface area (Å²) in [6, 6.07) is 8.12. The topological polar surface area (TPSA) is 24.9 Å². The highest BCUT2D eigenvalue weighted by Gasteiger charge is 2.16. The van der Waals surface area contributed by atoms with Crippen molar-refractivity contribution in [2.45, 2.75) is 19.4 Å². The van der Waals surface area contributed by atoms with Crippen molar-refractivity contribution in [2.75, 3.05) is 6.54 Å². The van der Waals surface area contributed by atoms with E-state index in [9.17, 15) is 0 Å². The van der Waals surface area contributed by atoms with Gasteiger partial charge in [0.2, 0.25) is 0 Å². The standard InChI is InChI=1S/C15H15Cl2IN2/c1-2-20-15(7-10-5-6-19-9-13(10)17)12-8-11(16)3-4-14(12)18/h3-6,8-9,15,20H,2,7H2,1H3. The van der Waals surface area contributed by atoms with Crippen LogP contribution in [0.3, 0.4) is 0 Å². The van der Waals surface area contributed by atoms with Gasteiger partial charge < -0.3 is 5.32 Å². The van der Waals surface area contributed by atoms with E-state index in [0.717, 1.165) is 23.6 Å². The Kier molecular flexibility index (Phi) is 6.08. The van der Waals surface area contributed by atoms with Gasteiger partial charge in [-0.1, -0.05) is 30.1 Å². The van der Waals surface area contributed by atoms with Gasteiger partial charge in [0.1, 0.15) is 0 Å². The van der Waals surface area contributed by atoms with Crippen LogP contribution in [0.1, 0.15) is 24.1 Å². The van der Waals surface area contributed by atoms with Crippen LogP contribution < -0.4 is 5.32 Å². The van der Waals surface area contributed by atoms with Gasteiger partial charge in [-0.3, -0.25) is 4.98 Å². The molecule has 2 rings (SSSR count). The molecule has 1 unspecified atom stereocenters. The smallest absolute Gasteiger partial charge is 0.0622 e. The minimum Gasteiger partial charge on any atom is -0.310 e. The number of likely N-dealkylation sites (N-methyl/N-ethyl adjacent to an activating group) is 1. The second-order valence-corrected chi connectivity index (χ2v) is 6.45. The van der Waals surface area contributed by atoms with Gasteiger partial charge in [-0.25, -0.2) is 0 Å². The first-order chi connectivity index (χ1) is 9.61. The van der Waals surface area contributed by atoms with E-state index < -0.39 is 0 Å². The summed E-state index contributed by atoms with van der Waals surface area (Å²) >= 11 is 14.7. The molecule has 0 aliphatic carbocycles. The number of nitrogens with one attached hydrogen (secondary N) is 1. The van der Waals surface area contributed by atoms with E-state index in [-0.39, 0.29) is 6.04 Å². The van der Waals surface area contributed by atoms with Gasteiger partial charge in [-0.15, -0.1) is 0 Å². The summed E-state index contributed by atoms with van der Waals surface area (Å²) in [5.41, 5.74) is 2.29. The molecular formula is C15H15Cl2IN2. The number of hydrogen-bond donors (Lipinski definition) is 1. The Balaban J connectivity index is 2.32. The molecule has 106 valence electrons. The van der Waals surface area contributed by atoms with Gasteiger partial charge in [0.15, 0.2) is 0 Å². The van der Waals surface area contributed by atoms with Crippen molar-refractivity contribution in [3.8, 4) is 0 Å². The number of aromatic nitrogens is 1. The minimum absolute atomic E-state index is 0.186. The maximum absolute atomic E-state index is 6.21. The summed E-state index contributed by atoms with van der Waals surface area (Å²) in [7, 11) is 0. The third-order valence-corrected chi connectivity index (χ3v) is 4.62. The Morgan fingerprint density at radius 1 is 1.30 bits per heavy atom. The molecule has 1 aromatic carbocycles. The molecule has 0 bridgehead atoms. The Bertz CT molecular complexity index is 590. The van der Waals surface area contributed by atoms with Crippen LogP contribution in [0.25, 0.3) is 0 Å². The van der Waals surface area contributed by atoms with Gasteiger partial charge in [0, 0.05) is 27.0 Å². The number of hydrogen-bond acceptors (Lipinski definition) is 2. The lowest BCUT2D eigenvalue weighted by Crippen LogP contribution is -2.24. The predicted octanol–water partition coefficient (Wildman–Crippen LogP) is 4.89. The number of benzene rings is 1. The van der Waals surface area contributed by atoms with E-state index in [0.29, 0.717) is 5.02 Å². The van der Waals surface area contributed by atoms with Crippen molar-refractivity contribution in [3.05, 3.63) is 61.4 Å². The van der Waals surface area contributed by atoms with E-state index in [1.165, 1.54) is 9.13 Å². The second kappa shape index (κ2) is 7.59. The summed E-state index contributed by atoms with van der Waals surface area (Å²) in [6.07, 6.45) is 4.27. The molecule has 20 heavy (non-hydrogen) atoms. The molecule has 0 spiro atoms. The first-order valence-corrected chi connectivity index (χ1v) is 8.22. The number of nitrogens with zero attached hydrogens (tertiary/aromatic N) is 1. The fourth-order valence-electron chi connectivity index (χ4n) is 2.11. The molecule has 0 saturated heterocycles. The minimum atomic E-state index is 0.186. The first kappa shape index (κ1) is 16.0. The summed E-state index contributed by atoms with van der Waals surface area (Å²) in [6.45, 7) is 2.98. The summed E-state index contributed by atoms with van der Waals surface area (Å²) in [4.78, 5) is 4.03. The zero-order valence-corrected chi connectivity index (χ0v) is 14.7. The van der Waals surface area contributed by atoms with Gasteiger partial charge in [-0.2, -0.15) is 0 Å². The van der Waals surface area contributed by atoms with Gasteiger partial charge in [0.25, 0.3) is 0 Å². The van der Waals surface area contributed by atoms with Crippen LogP contribution in [0.5, 0.6) is 0 Å². The van der Waals surface area contributed by atoms with Gasteiger partial charge >= 0.3 is 0 Å². The highest BCUT2D eigenvalue weighted by atomic mass is 127. The van der Waals surface area contributed by atoms with Crippen molar-refractivity contribution in [1.82, 2.24) is 10.3 Å². The fraction of sp³-hybridized carbons (Fsp3) is 0.267. The Labute approximate surface area is 143 Å². The lowest BCUT2D eigenvalue weighted by Gasteiger charge is -2.20. The maximum Gasteiger partial charge on any atom is 0.0622 e. The zero-order valence-electron chi connectivity index (χ0n) is 11.0. The molecule has 5 heteroatoms. The third-order valence-electron chi connectivity index (χ3n) is 3.06. The average molecular weight is 421 g/mol. The molecule has 0 saturated carbocycles.